The van der Waals surface area contributed by atoms with Crippen LogP contribution in [-0.4, -0.2) is 71.8 Å². The summed E-state index contributed by atoms with van der Waals surface area (Å²) in [7, 11) is 1.62. The Labute approximate surface area is 269 Å². The van der Waals surface area contributed by atoms with Gasteiger partial charge in [-0.1, -0.05) is 63.6 Å². The maximum absolute atomic E-state index is 14.2. The molecule has 0 amide bonds. The summed E-state index contributed by atoms with van der Waals surface area (Å²) in [5.74, 6) is -2.23. The summed E-state index contributed by atoms with van der Waals surface area (Å²) in [5.41, 5.74) is 1.55. The largest absolute Gasteiger partial charge is 0.494 e. The predicted molar refractivity (Wildman–Crippen MR) is 172 cm³/mol. The molecule has 8 heteroatoms. The summed E-state index contributed by atoms with van der Waals surface area (Å²) in [4.78, 5) is 14.2. The summed E-state index contributed by atoms with van der Waals surface area (Å²) in [6.07, 6.45) is 12.4. The Morgan fingerprint density at radius 3 is 2.62 bits per heavy atom. The number of carbonyl (C=O) groups excluding carboxylic acids is 1. The summed E-state index contributed by atoms with van der Waals surface area (Å²) in [6.45, 7) is 14.8. The van der Waals surface area contributed by atoms with E-state index in [1.54, 1.807) is 19.3 Å². The number of hydrogen-bond donors (Lipinski definition) is 2. The maximum Gasteiger partial charge on any atom is 0.316 e. The molecule has 0 saturated carbocycles. The van der Waals surface area contributed by atoms with Crippen molar-refractivity contribution in [3.63, 3.8) is 0 Å². The van der Waals surface area contributed by atoms with E-state index in [4.69, 9.17) is 23.7 Å². The first kappa shape index (κ1) is 34.1. The van der Waals surface area contributed by atoms with Gasteiger partial charge in [0.1, 0.15) is 23.4 Å². The molecule has 2 bridgehead atoms. The number of allylic oxidation sites excluding steroid dienone is 5. The Hall–Kier alpha value is -2.23. The molecular weight excluding hydrogens is 572 g/mol. The lowest BCUT2D eigenvalue weighted by Gasteiger charge is -2.51. The van der Waals surface area contributed by atoms with Gasteiger partial charge in [0.15, 0.2) is 5.79 Å². The maximum atomic E-state index is 14.2. The van der Waals surface area contributed by atoms with Gasteiger partial charge in [-0.3, -0.25) is 4.79 Å². The topological polar surface area (TPSA) is 104 Å². The Bertz CT molecular complexity index is 1260. The van der Waals surface area contributed by atoms with E-state index in [9.17, 15) is 15.0 Å². The van der Waals surface area contributed by atoms with Crippen LogP contribution in [0, 0.1) is 29.6 Å². The standard InChI is InChI=1S/C37H54O8/c1-21(2)14-24(5)33-26(7)31(38)19-36(45-33)18-28-17-27(44-36)13-12-23(4)15-22(3)10-9-11-32-37(40)29(35(39)43-28)16-25(6)34(41-8)30(37)20-42-32/h9-12,14,16,21-22,26-31,33-34,38,40H,13,15,17-20H2,1-8H3/b10-9+,23-12+,24-14+,32-11-/t22-,26-,27+,28?,29?,30+,31-,33+,34+,36-,37+/m0/s1. The SMILES string of the molecule is CO[C@@H]1C(C)=CC2C(=O)OC3C[C@@H](C/C=C(\C)C[C@@H](C)/C=C/C=C4\OC[C@H]1[C@@]42O)O[C@]1(C3)C[C@H](O)[C@H](C)[C@@H](/C(C)=C/C(C)C)O1. The number of ether oxygens (including phenoxy) is 5. The molecule has 5 rings (SSSR count). The van der Waals surface area contributed by atoms with E-state index < -0.39 is 41.4 Å². The summed E-state index contributed by atoms with van der Waals surface area (Å²) >= 11 is 0. The second-order valence-electron chi connectivity index (χ2n) is 14.6. The molecule has 2 N–H and O–H groups in total. The molecule has 2 unspecified atom stereocenters. The van der Waals surface area contributed by atoms with Crippen molar-refractivity contribution in [3.8, 4) is 0 Å². The Morgan fingerprint density at radius 1 is 1.16 bits per heavy atom. The minimum Gasteiger partial charge on any atom is -0.494 e. The third-order valence-corrected chi connectivity index (χ3v) is 10.4. The zero-order valence-corrected chi connectivity index (χ0v) is 28.3. The molecule has 3 saturated heterocycles. The third-order valence-electron chi connectivity index (χ3n) is 10.4. The van der Waals surface area contributed by atoms with Crippen molar-refractivity contribution < 1.29 is 38.7 Å². The van der Waals surface area contributed by atoms with Crippen LogP contribution >= 0.6 is 0 Å². The van der Waals surface area contributed by atoms with Crippen molar-refractivity contribution in [1.82, 2.24) is 0 Å². The molecule has 0 aromatic heterocycles. The molecule has 0 radical (unpaired) electrons. The zero-order valence-electron chi connectivity index (χ0n) is 28.3. The Morgan fingerprint density at radius 2 is 1.91 bits per heavy atom. The third kappa shape index (κ3) is 6.91. The van der Waals surface area contributed by atoms with E-state index >= 15 is 0 Å². The van der Waals surface area contributed by atoms with E-state index in [1.165, 1.54) is 5.57 Å². The summed E-state index contributed by atoms with van der Waals surface area (Å²) in [6, 6.07) is 0. The highest BCUT2D eigenvalue weighted by atomic mass is 16.7. The van der Waals surface area contributed by atoms with Crippen molar-refractivity contribution in [2.24, 2.45) is 29.6 Å². The van der Waals surface area contributed by atoms with Crippen LogP contribution in [0.2, 0.25) is 0 Å². The van der Waals surface area contributed by atoms with Crippen molar-refractivity contribution in [3.05, 3.63) is 58.9 Å². The second kappa shape index (κ2) is 13.5. The number of aliphatic hydroxyl groups is 2. The molecule has 4 heterocycles. The minimum absolute atomic E-state index is 0.110. The van der Waals surface area contributed by atoms with Crippen molar-refractivity contribution in [2.75, 3.05) is 13.7 Å². The van der Waals surface area contributed by atoms with E-state index in [0.717, 1.165) is 17.6 Å². The lowest BCUT2D eigenvalue weighted by molar-refractivity contribution is -0.342. The quantitative estimate of drug-likeness (QED) is 0.293. The lowest BCUT2D eigenvalue weighted by Crippen LogP contribution is -2.59. The van der Waals surface area contributed by atoms with Crippen LogP contribution in [0.15, 0.2) is 58.9 Å². The van der Waals surface area contributed by atoms with Crippen LogP contribution < -0.4 is 0 Å². The molecule has 1 spiro atoms. The highest BCUT2D eigenvalue weighted by Gasteiger charge is 2.61. The molecule has 0 aromatic carbocycles. The number of hydrogen-bond acceptors (Lipinski definition) is 8. The number of methoxy groups -OCH3 is 1. The van der Waals surface area contributed by atoms with Gasteiger partial charge in [-0.15, -0.1) is 0 Å². The van der Waals surface area contributed by atoms with Crippen molar-refractivity contribution >= 4 is 5.97 Å². The van der Waals surface area contributed by atoms with Crippen LogP contribution in [0.3, 0.4) is 0 Å². The van der Waals surface area contributed by atoms with Gasteiger partial charge >= 0.3 is 5.97 Å². The fourth-order valence-corrected chi connectivity index (χ4v) is 8.24. The van der Waals surface area contributed by atoms with Gasteiger partial charge in [-0.05, 0) is 62.7 Å². The molecule has 4 aliphatic heterocycles. The van der Waals surface area contributed by atoms with Crippen molar-refractivity contribution in [2.45, 2.75) is 122 Å². The molecule has 3 fully saturated rings. The zero-order chi connectivity index (χ0) is 32.7. The van der Waals surface area contributed by atoms with Crippen LogP contribution in [0.1, 0.15) is 80.6 Å². The second-order valence-corrected chi connectivity index (χ2v) is 14.6. The van der Waals surface area contributed by atoms with Gasteiger partial charge in [0, 0.05) is 32.3 Å². The Balaban J connectivity index is 1.53. The fourth-order valence-electron chi connectivity index (χ4n) is 8.24. The average Bonchev–Trinajstić information content (AvgIpc) is 3.29. The van der Waals surface area contributed by atoms with Crippen LogP contribution in [-0.2, 0) is 28.5 Å². The lowest BCUT2D eigenvalue weighted by atomic mass is 9.68. The number of fused-ring (bicyclic) bond motifs is 2. The predicted octanol–water partition coefficient (Wildman–Crippen LogP) is 5.95. The summed E-state index contributed by atoms with van der Waals surface area (Å²) in [5, 5.41) is 23.7. The molecule has 11 atom stereocenters. The van der Waals surface area contributed by atoms with E-state index in [2.05, 4.69) is 45.9 Å². The van der Waals surface area contributed by atoms with Gasteiger partial charge in [0.25, 0.3) is 0 Å². The van der Waals surface area contributed by atoms with Gasteiger partial charge in [0.2, 0.25) is 0 Å². The number of esters is 1. The smallest absolute Gasteiger partial charge is 0.316 e. The van der Waals surface area contributed by atoms with E-state index in [1.807, 2.05) is 26.8 Å². The average molecular weight is 627 g/mol. The first-order valence-electron chi connectivity index (χ1n) is 16.8. The van der Waals surface area contributed by atoms with Gasteiger partial charge < -0.3 is 33.9 Å². The number of rotatable bonds is 3. The molecule has 1 aliphatic carbocycles. The fraction of sp³-hybridized carbons (Fsp3) is 0.703. The summed E-state index contributed by atoms with van der Waals surface area (Å²) < 4.78 is 31.8. The normalized spacial score (nSPS) is 45.8. The molecular formula is C37H54O8. The number of carbonyl (C=O) groups is 1. The Kier molecular flexibility index (Phi) is 10.2. The van der Waals surface area contributed by atoms with Crippen LogP contribution in [0.25, 0.3) is 0 Å². The highest BCUT2D eigenvalue weighted by molar-refractivity contribution is 5.78. The monoisotopic (exact) mass is 626 g/mol. The van der Waals surface area contributed by atoms with Gasteiger partial charge in [0.05, 0.1) is 36.9 Å². The molecule has 8 nitrogen and oxygen atoms in total. The molecule has 0 aromatic rings. The minimum atomic E-state index is -1.61. The van der Waals surface area contributed by atoms with Gasteiger partial charge in [-0.25, -0.2) is 0 Å². The highest BCUT2D eigenvalue weighted by Crippen LogP contribution is 2.50. The first-order valence-corrected chi connectivity index (χ1v) is 16.8. The molecule has 5 aliphatic rings. The van der Waals surface area contributed by atoms with Crippen LogP contribution in [0.4, 0.5) is 0 Å². The molecule has 45 heavy (non-hydrogen) atoms. The van der Waals surface area contributed by atoms with Crippen LogP contribution in [0.5, 0.6) is 0 Å². The van der Waals surface area contributed by atoms with Crippen molar-refractivity contribution in [1.29, 1.82) is 0 Å². The van der Waals surface area contributed by atoms with Gasteiger partial charge in [-0.2, -0.15) is 0 Å². The first-order chi connectivity index (χ1) is 21.3. The number of aliphatic hydroxyl groups excluding tert-OH is 1. The van der Waals surface area contributed by atoms with E-state index in [-0.39, 0.29) is 36.8 Å². The van der Waals surface area contributed by atoms with E-state index in [0.29, 0.717) is 37.4 Å². The molecule has 250 valence electrons.